The Balaban J connectivity index is 1.97. The number of nitrogens with zero attached hydrogens (tertiary/aromatic N) is 1. The molecule has 0 saturated heterocycles. The van der Waals surface area contributed by atoms with E-state index in [2.05, 4.69) is 16.7 Å². The molecule has 0 heterocycles. The van der Waals surface area contributed by atoms with E-state index in [1.165, 1.54) is 0 Å². The maximum atomic E-state index is 12.5. The lowest BCUT2D eigenvalue weighted by Crippen LogP contribution is -3.14. The van der Waals surface area contributed by atoms with E-state index >= 15 is 0 Å². The van der Waals surface area contributed by atoms with E-state index in [0.29, 0.717) is 11.3 Å². The fourth-order valence-corrected chi connectivity index (χ4v) is 2.64. The number of nitriles is 1. The van der Waals surface area contributed by atoms with Crippen molar-refractivity contribution >= 4 is 23.2 Å². The number of hydrogen-bond acceptors (Lipinski definition) is 3. The molecule has 0 radical (unpaired) electrons. The van der Waals surface area contributed by atoms with Crippen LogP contribution in [0.4, 0.5) is 11.4 Å². The largest absolute Gasteiger partial charge is 0.321 e. The number of carbonyl (C=O) groups excluding carboxylic acids is 2. The molecule has 0 aromatic heterocycles. The number of hydrogen-bond donors (Lipinski definition) is 3. The molecule has 0 spiro atoms. The first-order chi connectivity index (χ1) is 12.8. The molecule has 0 fully saturated rings. The SMILES string of the molecule is Cc1cccc(NC(=O)C[NH+](C)[C@H](C)C(=O)Nc2ccccc2C#N)c1C. The molecule has 1 unspecified atom stereocenters. The highest BCUT2D eigenvalue weighted by molar-refractivity contribution is 5.95. The average Bonchev–Trinajstić information content (AvgIpc) is 2.65. The van der Waals surface area contributed by atoms with Gasteiger partial charge >= 0.3 is 0 Å². The van der Waals surface area contributed by atoms with Crippen molar-refractivity contribution in [2.24, 2.45) is 0 Å². The lowest BCUT2D eigenvalue weighted by Gasteiger charge is -2.21. The second-order valence-electron chi connectivity index (χ2n) is 6.69. The van der Waals surface area contributed by atoms with Gasteiger partial charge in [-0.05, 0) is 50.1 Å². The first kappa shape index (κ1) is 20.1. The van der Waals surface area contributed by atoms with E-state index < -0.39 is 6.04 Å². The number of nitrogens with one attached hydrogen (secondary N) is 3. The minimum Gasteiger partial charge on any atom is -0.321 e. The van der Waals surface area contributed by atoms with Crippen molar-refractivity contribution in [2.45, 2.75) is 26.8 Å². The van der Waals surface area contributed by atoms with Gasteiger partial charge in [-0.15, -0.1) is 0 Å². The van der Waals surface area contributed by atoms with E-state index in [-0.39, 0.29) is 18.4 Å². The van der Waals surface area contributed by atoms with Gasteiger partial charge in [0.15, 0.2) is 12.6 Å². The number of rotatable bonds is 6. The van der Waals surface area contributed by atoms with Gasteiger partial charge in [-0.2, -0.15) is 5.26 Å². The van der Waals surface area contributed by atoms with Gasteiger partial charge in [0.2, 0.25) is 0 Å². The summed E-state index contributed by atoms with van der Waals surface area (Å²) in [6.45, 7) is 5.87. The molecule has 6 nitrogen and oxygen atoms in total. The van der Waals surface area contributed by atoms with Crippen molar-refractivity contribution in [1.82, 2.24) is 0 Å². The molecular formula is C21H25N4O2+. The molecule has 2 rings (SSSR count). The number of aryl methyl sites for hydroxylation is 1. The van der Waals surface area contributed by atoms with Crippen LogP contribution in [0.2, 0.25) is 0 Å². The molecular weight excluding hydrogens is 340 g/mol. The molecule has 2 aromatic rings. The summed E-state index contributed by atoms with van der Waals surface area (Å²) in [6.07, 6.45) is 0. The van der Waals surface area contributed by atoms with Crippen LogP contribution in [0.3, 0.4) is 0 Å². The van der Waals surface area contributed by atoms with E-state index in [4.69, 9.17) is 5.26 Å². The monoisotopic (exact) mass is 365 g/mol. The fraction of sp³-hybridized carbons (Fsp3) is 0.286. The van der Waals surface area contributed by atoms with Crippen LogP contribution in [-0.2, 0) is 9.59 Å². The summed E-state index contributed by atoms with van der Waals surface area (Å²) in [4.78, 5) is 25.6. The van der Waals surface area contributed by atoms with Crippen LogP contribution in [0.25, 0.3) is 0 Å². The van der Waals surface area contributed by atoms with Gasteiger partial charge in [0, 0.05) is 5.69 Å². The van der Waals surface area contributed by atoms with Gasteiger partial charge < -0.3 is 15.5 Å². The Morgan fingerprint density at radius 2 is 1.74 bits per heavy atom. The van der Waals surface area contributed by atoms with Gasteiger partial charge in [0.1, 0.15) is 6.07 Å². The predicted octanol–water partition coefficient (Wildman–Crippen LogP) is 1.66. The maximum Gasteiger partial charge on any atom is 0.282 e. The normalized spacial score (nSPS) is 12.6. The zero-order valence-corrected chi connectivity index (χ0v) is 16.1. The average molecular weight is 365 g/mol. The fourth-order valence-electron chi connectivity index (χ4n) is 2.64. The highest BCUT2D eigenvalue weighted by Gasteiger charge is 2.24. The molecule has 0 aliphatic heterocycles. The van der Waals surface area contributed by atoms with E-state index in [1.54, 1.807) is 38.2 Å². The Hall–Kier alpha value is -3.17. The van der Waals surface area contributed by atoms with E-state index in [1.807, 2.05) is 32.0 Å². The minimum absolute atomic E-state index is 0.154. The quantitative estimate of drug-likeness (QED) is 0.728. The Morgan fingerprint density at radius 1 is 1.07 bits per heavy atom. The molecule has 0 saturated carbocycles. The summed E-state index contributed by atoms with van der Waals surface area (Å²) >= 11 is 0. The van der Waals surface area contributed by atoms with Crippen molar-refractivity contribution in [3.05, 3.63) is 59.2 Å². The highest BCUT2D eigenvalue weighted by Crippen LogP contribution is 2.17. The third-order valence-corrected chi connectivity index (χ3v) is 4.76. The lowest BCUT2D eigenvalue weighted by molar-refractivity contribution is -0.885. The van der Waals surface area contributed by atoms with Crippen LogP contribution >= 0.6 is 0 Å². The van der Waals surface area contributed by atoms with Crippen molar-refractivity contribution in [3.8, 4) is 6.07 Å². The second-order valence-corrected chi connectivity index (χ2v) is 6.69. The second kappa shape index (κ2) is 8.97. The summed E-state index contributed by atoms with van der Waals surface area (Å²) in [5.74, 6) is -0.395. The Morgan fingerprint density at radius 3 is 2.44 bits per heavy atom. The summed E-state index contributed by atoms with van der Waals surface area (Å²) in [5.41, 5.74) is 3.81. The number of quaternary nitrogens is 1. The summed E-state index contributed by atoms with van der Waals surface area (Å²) < 4.78 is 0. The van der Waals surface area contributed by atoms with Gasteiger partial charge in [0.05, 0.1) is 18.3 Å². The number of amides is 2. The third-order valence-electron chi connectivity index (χ3n) is 4.76. The van der Waals surface area contributed by atoms with E-state index in [0.717, 1.165) is 21.7 Å². The standard InChI is InChI=1S/C21H24N4O2/c1-14-8-7-11-18(15(14)2)23-20(26)13-25(4)16(3)21(27)24-19-10-6-5-9-17(19)12-22/h5-11,16H,13H2,1-4H3,(H,23,26)(H,24,27)/p+1/t16-/m1/s1. The molecule has 0 bridgehead atoms. The summed E-state index contributed by atoms with van der Waals surface area (Å²) in [5, 5.41) is 14.8. The molecule has 3 N–H and O–H groups in total. The van der Waals surface area contributed by atoms with Crippen molar-refractivity contribution in [1.29, 1.82) is 5.26 Å². The topological polar surface area (TPSA) is 86.4 Å². The number of anilines is 2. The number of para-hydroxylation sites is 1. The molecule has 2 amide bonds. The van der Waals surface area contributed by atoms with Gasteiger partial charge in [-0.25, -0.2) is 0 Å². The van der Waals surface area contributed by atoms with Gasteiger partial charge in [-0.3, -0.25) is 9.59 Å². The third kappa shape index (κ3) is 5.16. The van der Waals surface area contributed by atoms with Crippen LogP contribution in [0.5, 0.6) is 0 Å². The van der Waals surface area contributed by atoms with Crippen LogP contribution in [-0.4, -0.2) is 31.4 Å². The Kier molecular flexibility index (Phi) is 6.69. The zero-order valence-electron chi connectivity index (χ0n) is 16.1. The van der Waals surface area contributed by atoms with Crippen molar-refractivity contribution in [2.75, 3.05) is 24.2 Å². The number of likely N-dealkylation sites (N-methyl/N-ethyl adjacent to an activating group) is 1. The maximum absolute atomic E-state index is 12.5. The molecule has 6 heteroatoms. The van der Waals surface area contributed by atoms with Gasteiger partial charge in [0.25, 0.3) is 11.8 Å². The molecule has 0 aliphatic rings. The molecule has 27 heavy (non-hydrogen) atoms. The summed E-state index contributed by atoms with van der Waals surface area (Å²) in [6, 6.07) is 14.2. The Bertz CT molecular complexity index is 886. The number of carbonyl (C=O) groups is 2. The first-order valence-electron chi connectivity index (χ1n) is 8.82. The molecule has 0 aliphatic carbocycles. The van der Waals surface area contributed by atoms with E-state index in [9.17, 15) is 9.59 Å². The zero-order chi connectivity index (χ0) is 20.0. The predicted molar refractivity (Wildman–Crippen MR) is 106 cm³/mol. The summed E-state index contributed by atoms with van der Waals surface area (Å²) in [7, 11) is 1.79. The van der Waals surface area contributed by atoms with Crippen molar-refractivity contribution < 1.29 is 14.5 Å². The van der Waals surface area contributed by atoms with Crippen LogP contribution in [0.1, 0.15) is 23.6 Å². The van der Waals surface area contributed by atoms with Crippen molar-refractivity contribution in [3.63, 3.8) is 0 Å². The minimum atomic E-state index is -0.457. The lowest BCUT2D eigenvalue weighted by atomic mass is 10.1. The molecule has 140 valence electrons. The Labute approximate surface area is 159 Å². The van der Waals surface area contributed by atoms with Gasteiger partial charge in [-0.1, -0.05) is 24.3 Å². The smallest absolute Gasteiger partial charge is 0.282 e. The highest BCUT2D eigenvalue weighted by atomic mass is 16.2. The van der Waals surface area contributed by atoms with Crippen LogP contribution in [0.15, 0.2) is 42.5 Å². The van der Waals surface area contributed by atoms with Crippen LogP contribution < -0.4 is 15.5 Å². The molecule has 2 aromatic carbocycles. The number of benzene rings is 2. The van der Waals surface area contributed by atoms with Crippen LogP contribution in [0, 0.1) is 25.2 Å². The molecule has 2 atom stereocenters. The first-order valence-corrected chi connectivity index (χ1v) is 8.82.